The molecule has 0 fully saturated rings. The molecule has 0 heterocycles. The highest BCUT2D eigenvalue weighted by Crippen LogP contribution is 2.09. The van der Waals surface area contributed by atoms with Gasteiger partial charge in [0.2, 0.25) is 0 Å². The summed E-state index contributed by atoms with van der Waals surface area (Å²) in [6, 6.07) is 2.00. The maximum atomic E-state index is 10.2. The fraction of sp³-hybridized carbons (Fsp3) is 0.800. The minimum absolute atomic E-state index is 0.341. The van der Waals surface area contributed by atoms with Crippen LogP contribution < -0.4 is 0 Å². The molecule has 108 valence electrons. The average Bonchev–Trinajstić information content (AvgIpc) is 2.24. The van der Waals surface area contributed by atoms with Crippen molar-refractivity contribution in [1.82, 2.24) is 4.90 Å². The number of rotatable bonds is 6. The van der Waals surface area contributed by atoms with Gasteiger partial charge in [-0.1, -0.05) is 13.5 Å². The Morgan fingerprint density at radius 1 is 1.11 bits per heavy atom. The number of nitrogens with zero attached hydrogens (tertiary/aromatic N) is 1. The van der Waals surface area contributed by atoms with Gasteiger partial charge in [0, 0.05) is 24.2 Å². The molecule has 0 aliphatic carbocycles. The monoisotopic (exact) mass is 257 g/mol. The summed E-state index contributed by atoms with van der Waals surface area (Å²) in [4.78, 5) is 12.7. The van der Waals surface area contributed by atoms with Gasteiger partial charge in [0.25, 0.3) is 0 Å². The lowest BCUT2D eigenvalue weighted by Gasteiger charge is -2.34. The first-order chi connectivity index (χ1) is 8.27. The minimum Gasteiger partial charge on any atom is -0.463 e. The number of carbonyl (C=O) groups is 1. The predicted molar refractivity (Wildman–Crippen MR) is 78.7 cm³/mol. The topological polar surface area (TPSA) is 29.5 Å². The van der Waals surface area contributed by atoms with Crippen molar-refractivity contribution in [3.05, 3.63) is 12.7 Å². The number of hydrogen-bond acceptors (Lipinski definition) is 3. The van der Waals surface area contributed by atoms with Crippen LogP contribution in [-0.4, -0.2) is 35.6 Å². The molecule has 0 aliphatic rings. The highest BCUT2D eigenvalue weighted by atomic mass is 16.5. The van der Waals surface area contributed by atoms with Crippen LogP contribution in [-0.2, 0) is 9.53 Å². The van der Waals surface area contributed by atoms with E-state index in [2.05, 4.69) is 57.8 Å². The zero-order chi connectivity index (χ0) is 14.7. The highest BCUT2D eigenvalue weighted by molar-refractivity contribution is 5.81. The van der Waals surface area contributed by atoms with Gasteiger partial charge >= 0.3 is 5.97 Å². The average molecular weight is 257 g/mol. The fourth-order valence-corrected chi connectivity index (χ4v) is 2.05. The molecular weight excluding hydrogens is 226 g/mol. The molecule has 0 amide bonds. The summed E-state index contributed by atoms with van der Waals surface area (Å²) in [6.07, 6.45) is 2.02. The van der Waals surface area contributed by atoms with Crippen LogP contribution in [0.5, 0.6) is 0 Å². The lowest BCUT2D eigenvalue weighted by molar-refractivity contribution is -0.137. The summed E-state index contributed by atoms with van der Waals surface area (Å²) in [5, 5.41) is 0. The van der Waals surface area contributed by atoms with Crippen LogP contribution >= 0.6 is 0 Å². The smallest absolute Gasteiger partial charge is 0.330 e. The van der Waals surface area contributed by atoms with Crippen LogP contribution in [0.25, 0.3) is 0 Å². The van der Waals surface area contributed by atoms with E-state index in [9.17, 15) is 4.79 Å². The molecule has 3 heteroatoms. The number of ether oxygens (including phenoxy) is 1. The van der Waals surface area contributed by atoms with Crippen molar-refractivity contribution in [2.75, 3.05) is 6.61 Å². The molecule has 3 nitrogen and oxygen atoms in total. The zero-order valence-electron chi connectivity index (χ0n) is 13.2. The molecule has 0 aromatic carbocycles. The maximum absolute atomic E-state index is 10.2. The summed E-state index contributed by atoms with van der Waals surface area (Å²) in [6.45, 7) is 19.2. The van der Waals surface area contributed by atoms with Crippen molar-refractivity contribution in [1.29, 1.82) is 0 Å². The van der Waals surface area contributed by atoms with Crippen LogP contribution in [0.2, 0.25) is 0 Å². The fourth-order valence-electron chi connectivity index (χ4n) is 2.05. The van der Waals surface area contributed by atoms with Crippen molar-refractivity contribution in [3.8, 4) is 0 Å². The van der Waals surface area contributed by atoms with Gasteiger partial charge < -0.3 is 4.74 Å². The second-order valence-corrected chi connectivity index (χ2v) is 5.10. The van der Waals surface area contributed by atoms with Crippen LogP contribution in [0, 0.1) is 0 Å². The standard InChI is InChI=1S/C9H21N.C6H10O2/c1-7(2)10(8(3)4)9(5)6;1-3-5-8-6(7)4-2/h7-9H,1-6H3;4H,2-3,5H2,1H3. The largest absolute Gasteiger partial charge is 0.463 e. The third kappa shape index (κ3) is 10.3. The molecule has 0 saturated heterocycles. The van der Waals surface area contributed by atoms with Gasteiger partial charge in [-0.2, -0.15) is 0 Å². The summed E-state index contributed by atoms with van der Waals surface area (Å²) in [7, 11) is 0. The summed E-state index contributed by atoms with van der Waals surface area (Å²) >= 11 is 0. The Morgan fingerprint density at radius 2 is 1.50 bits per heavy atom. The van der Waals surface area contributed by atoms with E-state index in [1.165, 1.54) is 0 Å². The molecule has 0 radical (unpaired) electrons. The molecule has 0 N–H and O–H groups in total. The van der Waals surface area contributed by atoms with Crippen LogP contribution in [0.3, 0.4) is 0 Å². The first-order valence-corrected chi connectivity index (χ1v) is 6.84. The Balaban J connectivity index is 0. The summed E-state index contributed by atoms with van der Waals surface area (Å²) < 4.78 is 4.58. The van der Waals surface area contributed by atoms with Gasteiger partial charge in [-0.25, -0.2) is 4.79 Å². The van der Waals surface area contributed by atoms with E-state index in [-0.39, 0.29) is 5.97 Å². The molecule has 0 spiro atoms. The molecule has 0 aromatic rings. The van der Waals surface area contributed by atoms with Crippen molar-refractivity contribution in [3.63, 3.8) is 0 Å². The molecule has 0 atom stereocenters. The Kier molecular flexibility index (Phi) is 12.2. The quantitative estimate of drug-likeness (QED) is 0.537. The first-order valence-electron chi connectivity index (χ1n) is 6.84. The van der Waals surface area contributed by atoms with E-state index in [0.717, 1.165) is 12.5 Å². The van der Waals surface area contributed by atoms with Gasteiger partial charge in [-0.15, -0.1) is 0 Å². The molecule has 0 rings (SSSR count). The number of esters is 1. The normalized spacial score (nSPS) is 10.6. The van der Waals surface area contributed by atoms with Crippen molar-refractivity contribution >= 4 is 5.97 Å². The number of carbonyl (C=O) groups excluding carboxylic acids is 1. The van der Waals surface area contributed by atoms with Gasteiger partial charge in [-0.3, -0.25) is 4.90 Å². The lowest BCUT2D eigenvalue weighted by Crippen LogP contribution is -2.42. The Morgan fingerprint density at radius 3 is 1.67 bits per heavy atom. The third-order valence-electron chi connectivity index (χ3n) is 2.40. The van der Waals surface area contributed by atoms with Gasteiger partial charge in [0.05, 0.1) is 6.61 Å². The van der Waals surface area contributed by atoms with Crippen LogP contribution in [0.4, 0.5) is 0 Å². The Bertz CT molecular complexity index is 204. The maximum Gasteiger partial charge on any atom is 0.330 e. The summed E-state index contributed by atoms with van der Waals surface area (Å²) in [5.74, 6) is -0.341. The first kappa shape index (κ1) is 19.5. The van der Waals surface area contributed by atoms with Gasteiger partial charge in [0.1, 0.15) is 0 Å². The highest BCUT2D eigenvalue weighted by Gasteiger charge is 2.15. The zero-order valence-corrected chi connectivity index (χ0v) is 13.2. The molecule has 18 heavy (non-hydrogen) atoms. The van der Waals surface area contributed by atoms with E-state index in [4.69, 9.17) is 0 Å². The second-order valence-electron chi connectivity index (χ2n) is 5.10. The molecule has 0 aliphatic heterocycles. The third-order valence-corrected chi connectivity index (χ3v) is 2.40. The van der Waals surface area contributed by atoms with Crippen molar-refractivity contribution in [2.45, 2.75) is 73.0 Å². The van der Waals surface area contributed by atoms with E-state index in [0.29, 0.717) is 24.7 Å². The predicted octanol–water partition coefficient (Wildman–Crippen LogP) is 3.64. The van der Waals surface area contributed by atoms with Gasteiger partial charge in [0.15, 0.2) is 0 Å². The van der Waals surface area contributed by atoms with E-state index in [1.54, 1.807) is 0 Å². The minimum atomic E-state index is -0.341. The molecule has 0 saturated carbocycles. The van der Waals surface area contributed by atoms with Crippen molar-refractivity contribution in [2.24, 2.45) is 0 Å². The van der Waals surface area contributed by atoms with E-state index < -0.39 is 0 Å². The Hall–Kier alpha value is -0.830. The lowest BCUT2D eigenvalue weighted by atomic mass is 10.2. The van der Waals surface area contributed by atoms with Crippen molar-refractivity contribution < 1.29 is 9.53 Å². The van der Waals surface area contributed by atoms with E-state index >= 15 is 0 Å². The Labute approximate surface area is 113 Å². The molecule has 0 unspecified atom stereocenters. The van der Waals surface area contributed by atoms with Crippen LogP contribution in [0.15, 0.2) is 12.7 Å². The molecule has 0 bridgehead atoms. The molecular formula is C15H31NO2. The SMILES string of the molecule is C=CC(=O)OCCC.CC(C)N(C(C)C)C(C)C. The molecule has 0 aromatic heterocycles. The van der Waals surface area contributed by atoms with Crippen LogP contribution in [0.1, 0.15) is 54.9 Å². The van der Waals surface area contributed by atoms with E-state index in [1.807, 2.05) is 6.92 Å². The number of hydrogen-bond donors (Lipinski definition) is 0. The summed E-state index contributed by atoms with van der Waals surface area (Å²) in [5.41, 5.74) is 0. The van der Waals surface area contributed by atoms with Gasteiger partial charge in [-0.05, 0) is 48.0 Å². The second kappa shape index (κ2) is 11.3.